The fourth-order valence-electron chi connectivity index (χ4n) is 1.93. The summed E-state index contributed by atoms with van der Waals surface area (Å²) in [5.74, 6) is -0.812. The van der Waals surface area contributed by atoms with E-state index < -0.39 is 22.0 Å². The molecular weight excluding hydrogens is 393 g/mol. The summed E-state index contributed by atoms with van der Waals surface area (Å²) in [5.41, 5.74) is 0. The van der Waals surface area contributed by atoms with Gasteiger partial charge in [0.15, 0.2) is 5.13 Å². The second kappa shape index (κ2) is 7.79. The number of rotatable bonds is 6. The lowest BCUT2D eigenvalue weighted by Gasteiger charge is -2.21. The lowest BCUT2D eigenvalue weighted by molar-refractivity contribution is -0.118. The van der Waals surface area contributed by atoms with Crippen LogP contribution in [0.15, 0.2) is 34.7 Å². The Hall–Kier alpha value is -1.19. The van der Waals surface area contributed by atoms with Crippen molar-refractivity contribution in [3.05, 3.63) is 39.8 Å². The highest BCUT2D eigenvalue weighted by molar-refractivity contribution is 7.89. The van der Waals surface area contributed by atoms with Crippen LogP contribution in [0.2, 0.25) is 10.0 Å². The predicted molar refractivity (Wildman–Crippen MR) is 96.2 cm³/mol. The van der Waals surface area contributed by atoms with Gasteiger partial charge in [-0.15, -0.1) is 11.3 Å². The molecule has 1 amide bonds. The number of benzene rings is 1. The van der Waals surface area contributed by atoms with Crippen molar-refractivity contribution in [3.63, 3.8) is 0 Å². The Morgan fingerprint density at radius 2 is 1.88 bits per heavy atom. The molecule has 2 N–H and O–H groups in total. The minimum Gasteiger partial charge on any atom is -0.301 e. The van der Waals surface area contributed by atoms with E-state index in [9.17, 15) is 13.2 Å². The Balaban J connectivity index is 2.28. The van der Waals surface area contributed by atoms with E-state index in [1.807, 2.05) is 0 Å². The van der Waals surface area contributed by atoms with Gasteiger partial charge in [0.05, 0.1) is 10.0 Å². The van der Waals surface area contributed by atoms with Crippen LogP contribution in [-0.2, 0) is 14.8 Å². The van der Waals surface area contributed by atoms with E-state index in [0.29, 0.717) is 5.13 Å². The van der Waals surface area contributed by atoms with E-state index in [0.717, 1.165) is 0 Å². The Morgan fingerprint density at radius 3 is 2.38 bits per heavy atom. The van der Waals surface area contributed by atoms with Gasteiger partial charge in [-0.05, 0) is 18.1 Å². The summed E-state index contributed by atoms with van der Waals surface area (Å²) in [4.78, 5) is 16.1. The molecule has 0 saturated heterocycles. The number of carbonyl (C=O) groups is 1. The molecule has 2 rings (SSSR count). The largest absolute Gasteiger partial charge is 0.301 e. The van der Waals surface area contributed by atoms with Gasteiger partial charge < -0.3 is 5.32 Å². The van der Waals surface area contributed by atoms with Crippen LogP contribution in [0.3, 0.4) is 0 Å². The number of hydrogen-bond acceptors (Lipinski definition) is 5. The summed E-state index contributed by atoms with van der Waals surface area (Å²) in [5, 5.41) is 4.64. The molecular formula is C14H15Cl2N3O3S2. The van der Waals surface area contributed by atoms with Crippen LogP contribution in [0.5, 0.6) is 0 Å². The average Bonchev–Trinajstić information content (AvgIpc) is 2.96. The van der Waals surface area contributed by atoms with Gasteiger partial charge in [0, 0.05) is 11.6 Å². The zero-order valence-electron chi connectivity index (χ0n) is 12.8. The molecule has 0 bridgehead atoms. The quantitative estimate of drug-likeness (QED) is 0.767. The Labute approximate surface area is 154 Å². The first-order chi connectivity index (χ1) is 11.2. The number of aromatic nitrogens is 1. The van der Waals surface area contributed by atoms with Crippen molar-refractivity contribution >= 4 is 55.6 Å². The number of sulfonamides is 1. The standard InChI is InChI=1S/C14H15Cl2N3O3S2/c1-8(2)11(13(20)18-14-17-6-7-23-14)19-24(21,22)12-9(15)4-3-5-10(12)16/h3-8,11,19H,1-2H3,(H,17,18,20)/t11-/m1/s1. The topological polar surface area (TPSA) is 88.2 Å². The van der Waals surface area contributed by atoms with Crippen molar-refractivity contribution in [1.82, 2.24) is 9.71 Å². The average molecular weight is 408 g/mol. The zero-order chi connectivity index (χ0) is 17.9. The lowest BCUT2D eigenvalue weighted by Crippen LogP contribution is -2.47. The molecule has 6 nitrogen and oxygen atoms in total. The van der Waals surface area contributed by atoms with Crippen LogP contribution in [-0.4, -0.2) is 25.4 Å². The number of halogens is 2. The van der Waals surface area contributed by atoms with Crippen LogP contribution in [0, 0.1) is 5.92 Å². The molecule has 0 spiro atoms. The first kappa shape index (κ1) is 19.1. The molecule has 0 aliphatic heterocycles. The van der Waals surface area contributed by atoms with Crippen molar-refractivity contribution in [2.24, 2.45) is 5.92 Å². The van der Waals surface area contributed by atoms with Gasteiger partial charge in [-0.2, -0.15) is 4.72 Å². The van der Waals surface area contributed by atoms with Crippen LogP contribution in [0.4, 0.5) is 5.13 Å². The van der Waals surface area contributed by atoms with Gasteiger partial charge in [-0.1, -0.05) is 43.1 Å². The summed E-state index contributed by atoms with van der Waals surface area (Å²) in [7, 11) is -4.08. The van der Waals surface area contributed by atoms with Gasteiger partial charge in [-0.25, -0.2) is 13.4 Å². The molecule has 10 heteroatoms. The Kier molecular flexibility index (Phi) is 6.22. The highest BCUT2D eigenvalue weighted by Gasteiger charge is 2.31. The van der Waals surface area contributed by atoms with Crippen molar-refractivity contribution < 1.29 is 13.2 Å². The minimum atomic E-state index is -4.08. The number of carbonyl (C=O) groups excluding carboxylic acids is 1. The molecule has 0 saturated carbocycles. The SMILES string of the molecule is CC(C)[C@@H](NS(=O)(=O)c1c(Cl)cccc1Cl)C(=O)Nc1nccs1. The van der Waals surface area contributed by atoms with E-state index in [4.69, 9.17) is 23.2 Å². The van der Waals surface area contributed by atoms with Gasteiger partial charge in [0.25, 0.3) is 0 Å². The van der Waals surface area contributed by atoms with E-state index >= 15 is 0 Å². The molecule has 1 aromatic carbocycles. The summed E-state index contributed by atoms with van der Waals surface area (Å²) in [6.45, 7) is 3.45. The summed E-state index contributed by atoms with van der Waals surface area (Å²) in [6.07, 6.45) is 1.54. The normalized spacial score (nSPS) is 13.0. The van der Waals surface area contributed by atoms with Crippen LogP contribution in [0.25, 0.3) is 0 Å². The molecule has 1 atom stereocenters. The second-order valence-electron chi connectivity index (χ2n) is 5.22. The monoisotopic (exact) mass is 407 g/mol. The van der Waals surface area contributed by atoms with Crippen molar-refractivity contribution in [2.75, 3.05) is 5.32 Å². The molecule has 0 aliphatic carbocycles. The fourth-order valence-corrected chi connectivity index (χ4v) is 4.95. The lowest BCUT2D eigenvalue weighted by atomic mass is 10.1. The maximum Gasteiger partial charge on any atom is 0.244 e. The number of nitrogens with zero attached hydrogens (tertiary/aromatic N) is 1. The van der Waals surface area contributed by atoms with Gasteiger partial charge >= 0.3 is 0 Å². The first-order valence-corrected chi connectivity index (χ1v) is 10.0. The van der Waals surface area contributed by atoms with Gasteiger partial charge in [0.2, 0.25) is 15.9 Å². The smallest absolute Gasteiger partial charge is 0.244 e. The zero-order valence-corrected chi connectivity index (χ0v) is 15.9. The Morgan fingerprint density at radius 1 is 1.25 bits per heavy atom. The maximum atomic E-state index is 12.6. The minimum absolute atomic E-state index is 0.0159. The molecule has 2 aromatic rings. The van der Waals surface area contributed by atoms with Crippen LogP contribution >= 0.6 is 34.5 Å². The molecule has 1 aromatic heterocycles. The Bertz CT molecular complexity index is 804. The van der Waals surface area contributed by atoms with Gasteiger partial charge in [-0.3, -0.25) is 4.79 Å². The van der Waals surface area contributed by atoms with Crippen molar-refractivity contribution in [1.29, 1.82) is 0 Å². The van der Waals surface area contributed by atoms with E-state index in [-0.39, 0.29) is 20.9 Å². The first-order valence-electron chi connectivity index (χ1n) is 6.89. The van der Waals surface area contributed by atoms with Crippen LogP contribution in [0.1, 0.15) is 13.8 Å². The predicted octanol–water partition coefficient (Wildman–Crippen LogP) is 3.39. The molecule has 0 unspecified atom stereocenters. The molecule has 130 valence electrons. The number of thiazole rings is 1. The maximum absolute atomic E-state index is 12.6. The van der Waals surface area contributed by atoms with E-state index in [1.54, 1.807) is 31.5 Å². The van der Waals surface area contributed by atoms with E-state index in [2.05, 4.69) is 15.0 Å². The van der Waals surface area contributed by atoms with Crippen molar-refractivity contribution in [2.45, 2.75) is 24.8 Å². The molecule has 1 heterocycles. The molecule has 24 heavy (non-hydrogen) atoms. The molecule has 0 aliphatic rings. The highest BCUT2D eigenvalue weighted by Crippen LogP contribution is 2.29. The van der Waals surface area contributed by atoms with Crippen molar-refractivity contribution in [3.8, 4) is 0 Å². The van der Waals surface area contributed by atoms with Gasteiger partial charge in [0.1, 0.15) is 10.9 Å². The van der Waals surface area contributed by atoms with Crippen LogP contribution < -0.4 is 10.0 Å². The third kappa shape index (κ3) is 4.46. The number of hydrogen-bond donors (Lipinski definition) is 2. The number of anilines is 1. The molecule has 0 radical (unpaired) electrons. The summed E-state index contributed by atoms with van der Waals surface area (Å²) in [6, 6.07) is 3.37. The highest BCUT2D eigenvalue weighted by atomic mass is 35.5. The van der Waals surface area contributed by atoms with E-state index in [1.165, 1.54) is 23.5 Å². The second-order valence-corrected chi connectivity index (χ2v) is 8.58. The third-order valence-corrected chi connectivity index (χ3v) is 6.17. The number of nitrogens with one attached hydrogen (secondary N) is 2. The fraction of sp³-hybridized carbons (Fsp3) is 0.286. The molecule has 0 fully saturated rings. The summed E-state index contributed by atoms with van der Waals surface area (Å²) < 4.78 is 27.6. The third-order valence-electron chi connectivity index (χ3n) is 3.08. The number of amides is 1. The summed E-state index contributed by atoms with van der Waals surface area (Å²) >= 11 is 13.2.